The summed E-state index contributed by atoms with van der Waals surface area (Å²) >= 11 is 0. The van der Waals surface area contributed by atoms with E-state index < -0.39 is 11.7 Å². The highest BCUT2D eigenvalue weighted by molar-refractivity contribution is 5.68. The first-order chi connectivity index (χ1) is 16.8. The lowest BCUT2D eigenvalue weighted by Gasteiger charge is -2.59. The van der Waals surface area contributed by atoms with Crippen molar-refractivity contribution in [3.63, 3.8) is 0 Å². The van der Waals surface area contributed by atoms with Crippen molar-refractivity contribution in [3.8, 4) is 0 Å². The van der Waals surface area contributed by atoms with Crippen molar-refractivity contribution in [1.29, 1.82) is 0 Å². The summed E-state index contributed by atoms with van der Waals surface area (Å²) in [4.78, 5) is 23.8. The predicted octanol–water partition coefficient (Wildman–Crippen LogP) is 6.62. The van der Waals surface area contributed by atoms with Crippen LogP contribution in [0.5, 0.6) is 0 Å². The van der Waals surface area contributed by atoms with Crippen molar-refractivity contribution in [2.45, 2.75) is 130 Å². The number of fused-ring (bicyclic) bond motifs is 5. The van der Waals surface area contributed by atoms with Crippen molar-refractivity contribution < 1.29 is 24.2 Å². The molecule has 4 rings (SSSR count). The molecule has 3 fully saturated rings. The zero-order chi connectivity index (χ0) is 26.5. The summed E-state index contributed by atoms with van der Waals surface area (Å²) in [7, 11) is 0. The molecule has 0 saturated heterocycles. The van der Waals surface area contributed by atoms with Gasteiger partial charge in [-0.15, -0.1) is 0 Å². The predicted molar refractivity (Wildman–Crippen MR) is 141 cm³/mol. The number of hydrogen-bond acceptors (Lipinski definition) is 5. The maximum absolute atomic E-state index is 12.0. The Morgan fingerprint density at radius 3 is 2.39 bits per heavy atom. The van der Waals surface area contributed by atoms with Crippen LogP contribution in [-0.2, 0) is 19.1 Å². The number of esters is 2. The molecule has 0 amide bonds. The molecule has 36 heavy (non-hydrogen) atoms. The summed E-state index contributed by atoms with van der Waals surface area (Å²) in [6.07, 6.45) is 12.6. The Hall–Kier alpha value is -1.36. The lowest BCUT2D eigenvalue weighted by molar-refractivity contribution is -0.170. The van der Waals surface area contributed by atoms with Gasteiger partial charge in [0.1, 0.15) is 6.10 Å². The standard InChI is InChI=1S/C31H50O5/c1-19(9-8-16-29(4,5)34)23-12-13-24-22-10-11-26-28(36-21(3)33)27(35-20(2)32)15-18-31(26,7)25(22)14-17-30(23,24)6/h11,19,22-25,27-28,34H,8-10,12-18H2,1-7H3/t19-,22+,23-,24+,25+,27+,28-,30-,31-/m1/s1. The molecule has 0 aromatic carbocycles. The van der Waals surface area contributed by atoms with Crippen LogP contribution in [0.3, 0.4) is 0 Å². The van der Waals surface area contributed by atoms with E-state index >= 15 is 0 Å². The minimum atomic E-state index is -0.570. The Balaban J connectivity index is 1.53. The first kappa shape index (κ1) is 27.7. The molecule has 0 aliphatic heterocycles. The maximum atomic E-state index is 12.0. The summed E-state index contributed by atoms with van der Waals surface area (Å²) in [6, 6.07) is 0. The molecule has 5 heteroatoms. The van der Waals surface area contributed by atoms with E-state index in [1.54, 1.807) is 0 Å². The fourth-order valence-corrected chi connectivity index (χ4v) is 9.37. The van der Waals surface area contributed by atoms with Crippen LogP contribution >= 0.6 is 0 Å². The summed E-state index contributed by atoms with van der Waals surface area (Å²) in [5.41, 5.74) is 1.02. The van der Waals surface area contributed by atoms with Crippen LogP contribution in [0.2, 0.25) is 0 Å². The Labute approximate surface area is 218 Å². The Bertz CT molecular complexity index is 871. The second-order valence-corrected chi connectivity index (χ2v) is 13.8. The summed E-state index contributed by atoms with van der Waals surface area (Å²) in [5, 5.41) is 10.2. The van der Waals surface area contributed by atoms with E-state index in [1.165, 1.54) is 51.5 Å². The van der Waals surface area contributed by atoms with Gasteiger partial charge < -0.3 is 14.6 Å². The van der Waals surface area contributed by atoms with Crippen molar-refractivity contribution in [3.05, 3.63) is 11.6 Å². The molecule has 0 aromatic heterocycles. The average molecular weight is 503 g/mol. The average Bonchev–Trinajstić information content (AvgIpc) is 3.11. The van der Waals surface area contributed by atoms with Crippen LogP contribution in [0.1, 0.15) is 113 Å². The first-order valence-electron chi connectivity index (χ1n) is 14.5. The molecular formula is C31H50O5. The fraction of sp³-hybridized carbons (Fsp3) is 0.871. The molecule has 4 aliphatic carbocycles. The van der Waals surface area contributed by atoms with E-state index in [9.17, 15) is 14.7 Å². The molecular weight excluding hydrogens is 452 g/mol. The van der Waals surface area contributed by atoms with Gasteiger partial charge in [-0.3, -0.25) is 9.59 Å². The smallest absolute Gasteiger partial charge is 0.303 e. The molecule has 0 bridgehead atoms. The Kier molecular flexibility index (Phi) is 7.74. The minimum Gasteiger partial charge on any atom is -0.458 e. The Morgan fingerprint density at radius 2 is 1.75 bits per heavy atom. The zero-order valence-corrected chi connectivity index (χ0v) is 23.8. The van der Waals surface area contributed by atoms with Gasteiger partial charge in [0.25, 0.3) is 0 Å². The minimum absolute atomic E-state index is 0.00256. The van der Waals surface area contributed by atoms with E-state index in [4.69, 9.17) is 9.47 Å². The van der Waals surface area contributed by atoms with Crippen LogP contribution < -0.4 is 0 Å². The molecule has 0 heterocycles. The van der Waals surface area contributed by atoms with E-state index in [-0.39, 0.29) is 23.5 Å². The van der Waals surface area contributed by atoms with Gasteiger partial charge in [-0.1, -0.05) is 39.7 Å². The van der Waals surface area contributed by atoms with Gasteiger partial charge in [-0.25, -0.2) is 0 Å². The second kappa shape index (κ2) is 10.1. The topological polar surface area (TPSA) is 72.8 Å². The van der Waals surface area contributed by atoms with E-state index in [0.717, 1.165) is 43.9 Å². The van der Waals surface area contributed by atoms with Gasteiger partial charge >= 0.3 is 11.9 Å². The van der Waals surface area contributed by atoms with Crippen molar-refractivity contribution in [2.24, 2.45) is 40.4 Å². The van der Waals surface area contributed by atoms with Gasteiger partial charge in [0.2, 0.25) is 0 Å². The molecule has 204 valence electrons. The summed E-state index contributed by atoms with van der Waals surface area (Å²) in [6.45, 7) is 14.2. The lowest BCUT2D eigenvalue weighted by Crippen LogP contribution is -2.55. The third-order valence-electron chi connectivity index (χ3n) is 10.9. The van der Waals surface area contributed by atoms with Crippen molar-refractivity contribution in [1.82, 2.24) is 0 Å². The quantitative estimate of drug-likeness (QED) is 0.313. The van der Waals surface area contributed by atoms with Gasteiger partial charge in [0.05, 0.1) is 5.60 Å². The van der Waals surface area contributed by atoms with E-state index in [0.29, 0.717) is 23.2 Å². The highest BCUT2D eigenvalue weighted by atomic mass is 16.6. The lowest BCUT2D eigenvalue weighted by atomic mass is 9.46. The van der Waals surface area contributed by atoms with Gasteiger partial charge in [0.15, 0.2) is 6.10 Å². The summed E-state index contributed by atoms with van der Waals surface area (Å²) in [5.74, 6) is 2.85. The number of aliphatic hydroxyl groups is 1. The van der Waals surface area contributed by atoms with Gasteiger partial charge in [-0.2, -0.15) is 0 Å². The molecule has 3 saturated carbocycles. The SMILES string of the molecule is CC(=O)O[C@H]1CC[C@@]2(C)C(=CC[C@H]3[C@@H]4CC[C@H]([C@H](C)CCCC(C)(C)O)[C@@]4(C)CC[C@@H]32)[C@H]1OC(C)=O. The molecule has 4 aliphatic rings. The molecule has 9 atom stereocenters. The molecule has 0 spiro atoms. The summed E-state index contributed by atoms with van der Waals surface area (Å²) < 4.78 is 11.5. The van der Waals surface area contributed by atoms with Gasteiger partial charge in [0, 0.05) is 13.8 Å². The molecule has 0 aromatic rings. The highest BCUT2D eigenvalue weighted by Gasteiger charge is 2.60. The number of ether oxygens (including phenoxy) is 2. The first-order valence-corrected chi connectivity index (χ1v) is 14.5. The van der Waals surface area contributed by atoms with Crippen LogP contribution in [0, 0.1) is 40.4 Å². The molecule has 0 radical (unpaired) electrons. The Morgan fingerprint density at radius 1 is 1.06 bits per heavy atom. The third kappa shape index (κ3) is 5.15. The van der Waals surface area contributed by atoms with Crippen molar-refractivity contribution in [2.75, 3.05) is 0 Å². The maximum Gasteiger partial charge on any atom is 0.303 e. The largest absolute Gasteiger partial charge is 0.458 e. The van der Waals surface area contributed by atoms with Crippen LogP contribution in [-0.4, -0.2) is 34.9 Å². The number of carbonyl (C=O) groups is 2. The highest BCUT2D eigenvalue weighted by Crippen LogP contribution is 2.67. The number of rotatable bonds is 7. The van der Waals surface area contributed by atoms with Crippen molar-refractivity contribution >= 4 is 11.9 Å². The monoisotopic (exact) mass is 502 g/mol. The van der Waals surface area contributed by atoms with Crippen LogP contribution in [0.25, 0.3) is 0 Å². The number of carbonyl (C=O) groups excluding carboxylic acids is 2. The number of hydrogen-bond donors (Lipinski definition) is 1. The molecule has 1 N–H and O–H groups in total. The van der Waals surface area contributed by atoms with E-state index in [1.807, 2.05) is 13.8 Å². The van der Waals surface area contributed by atoms with E-state index in [2.05, 4.69) is 26.8 Å². The molecule has 0 unspecified atom stereocenters. The second-order valence-electron chi connectivity index (χ2n) is 13.8. The van der Waals surface area contributed by atoms with Crippen LogP contribution in [0.15, 0.2) is 11.6 Å². The number of allylic oxidation sites excluding steroid dienone is 1. The molecule has 5 nitrogen and oxygen atoms in total. The third-order valence-corrected chi connectivity index (χ3v) is 10.9. The normalized spacial score (nSPS) is 40.8. The fourth-order valence-electron chi connectivity index (χ4n) is 9.37. The zero-order valence-electron chi connectivity index (χ0n) is 23.8. The van der Waals surface area contributed by atoms with Gasteiger partial charge in [-0.05, 0) is 111 Å². The van der Waals surface area contributed by atoms with Crippen LogP contribution in [0.4, 0.5) is 0 Å².